The molecule has 8 nitrogen and oxygen atoms in total. The van der Waals surface area contributed by atoms with Gasteiger partial charge in [-0.15, -0.1) is 0 Å². The normalized spacial score (nSPS) is 17.8. The van der Waals surface area contributed by atoms with Crippen molar-refractivity contribution in [2.75, 3.05) is 13.1 Å². The molecule has 0 radical (unpaired) electrons. The molecule has 3 aromatic heterocycles. The van der Waals surface area contributed by atoms with Gasteiger partial charge in [-0.05, 0) is 25.8 Å². The van der Waals surface area contributed by atoms with Crippen molar-refractivity contribution in [1.29, 1.82) is 0 Å². The van der Waals surface area contributed by atoms with Crippen LogP contribution >= 0.6 is 11.6 Å². The van der Waals surface area contributed by atoms with Gasteiger partial charge in [-0.25, -0.2) is 0 Å². The summed E-state index contributed by atoms with van der Waals surface area (Å²) in [5.74, 6) is 1.43. The lowest BCUT2D eigenvalue weighted by atomic mass is 9.97. The van der Waals surface area contributed by atoms with E-state index in [-0.39, 0.29) is 11.8 Å². The van der Waals surface area contributed by atoms with Gasteiger partial charge in [0.1, 0.15) is 11.3 Å². The smallest absolute Gasteiger partial charge is 0.259 e. The summed E-state index contributed by atoms with van der Waals surface area (Å²) >= 11 is 5.91. The van der Waals surface area contributed by atoms with Gasteiger partial charge in [0.05, 0.1) is 22.8 Å². The lowest BCUT2D eigenvalue weighted by Gasteiger charge is -2.30. The molecule has 1 saturated heterocycles. The van der Waals surface area contributed by atoms with E-state index in [0.29, 0.717) is 46.8 Å². The van der Waals surface area contributed by atoms with Gasteiger partial charge < -0.3 is 18.9 Å². The molecular formula is C16H16ClN5O3. The van der Waals surface area contributed by atoms with Crippen LogP contribution in [0.4, 0.5) is 0 Å². The molecule has 0 aliphatic carbocycles. The minimum absolute atomic E-state index is 0.00421. The van der Waals surface area contributed by atoms with E-state index >= 15 is 0 Å². The van der Waals surface area contributed by atoms with E-state index < -0.39 is 0 Å². The SMILES string of the molecule is Cc1oncc1C(=O)N1CCC[C@H](c2nc(-c3cc(Cl)c[nH]3)no2)C1. The summed E-state index contributed by atoms with van der Waals surface area (Å²) in [6.45, 7) is 2.94. The predicted molar refractivity (Wildman–Crippen MR) is 88.2 cm³/mol. The van der Waals surface area contributed by atoms with Gasteiger partial charge in [-0.3, -0.25) is 4.79 Å². The Labute approximate surface area is 148 Å². The van der Waals surface area contributed by atoms with E-state index in [4.69, 9.17) is 20.6 Å². The van der Waals surface area contributed by atoms with Crippen LogP contribution in [0.25, 0.3) is 11.5 Å². The number of aryl methyl sites for hydroxylation is 1. The molecule has 0 unspecified atom stereocenters. The van der Waals surface area contributed by atoms with Crippen LogP contribution in [0, 0.1) is 6.92 Å². The Morgan fingerprint density at radius 3 is 3.04 bits per heavy atom. The number of likely N-dealkylation sites (tertiary alicyclic amines) is 1. The molecule has 3 aromatic rings. The molecule has 0 bridgehead atoms. The molecule has 0 spiro atoms. The Morgan fingerprint density at radius 1 is 1.44 bits per heavy atom. The van der Waals surface area contributed by atoms with Gasteiger partial charge in [0, 0.05) is 19.3 Å². The van der Waals surface area contributed by atoms with E-state index in [1.807, 2.05) is 0 Å². The van der Waals surface area contributed by atoms with Gasteiger partial charge in [-0.1, -0.05) is 21.9 Å². The van der Waals surface area contributed by atoms with E-state index in [1.54, 1.807) is 24.1 Å². The molecule has 9 heteroatoms. The molecule has 1 aliphatic rings. The number of halogens is 1. The number of hydrogen-bond donors (Lipinski definition) is 1. The average Bonchev–Trinajstić information content (AvgIpc) is 3.35. The zero-order valence-electron chi connectivity index (χ0n) is 13.5. The monoisotopic (exact) mass is 361 g/mol. The fourth-order valence-electron chi connectivity index (χ4n) is 3.04. The van der Waals surface area contributed by atoms with Crippen molar-refractivity contribution < 1.29 is 13.8 Å². The highest BCUT2D eigenvalue weighted by Gasteiger charge is 2.30. The van der Waals surface area contributed by atoms with E-state index in [0.717, 1.165) is 12.8 Å². The lowest BCUT2D eigenvalue weighted by molar-refractivity contribution is 0.0694. The van der Waals surface area contributed by atoms with Crippen LogP contribution < -0.4 is 0 Å². The topological polar surface area (TPSA) is 101 Å². The highest BCUT2D eigenvalue weighted by atomic mass is 35.5. The number of carbonyl (C=O) groups is 1. The zero-order chi connectivity index (χ0) is 17.4. The number of amides is 1. The van der Waals surface area contributed by atoms with Crippen LogP contribution in [-0.2, 0) is 0 Å². The third kappa shape index (κ3) is 3.05. The van der Waals surface area contributed by atoms with Gasteiger partial charge >= 0.3 is 0 Å². The number of hydrogen-bond acceptors (Lipinski definition) is 6. The number of carbonyl (C=O) groups excluding carboxylic acids is 1. The Hall–Kier alpha value is -2.61. The molecule has 1 N–H and O–H groups in total. The first-order chi connectivity index (χ1) is 12.1. The van der Waals surface area contributed by atoms with Crippen molar-refractivity contribution in [3.8, 4) is 11.5 Å². The van der Waals surface area contributed by atoms with Gasteiger partial charge in [0.15, 0.2) is 0 Å². The third-order valence-electron chi connectivity index (χ3n) is 4.37. The molecule has 25 heavy (non-hydrogen) atoms. The van der Waals surface area contributed by atoms with Crippen LogP contribution in [0.3, 0.4) is 0 Å². The minimum Gasteiger partial charge on any atom is -0.361 e. The fraction of sp³-hybridized carbons (Fsp3) is 0.375. The number of piperidine rings is 1. The molecule has 1 amide bonds. The zero-order valence-corrected chi connectivity index (χ0v) is 14.3. The maximum atomic E-state index is 12.6. The second kappa shape index (κ2) is 6.36. The Kier molecular flexibility index (Phi) is 4.04. The van der Waals surface area contributed by atoms with Crippen LogP contribution in [0.1, 0.15) is 40.8 Å². The molecule has 1 atom stereocenters. The molecule has 0 saturated carbocycles. The fourth-order valence-corrected chi connectivity index (χ4v) is 3.21. The van der Waals surface area contributed by atoms with E-state index in [1.165, 1.54) is 6.20 Å². The first-order valence-electron chi connectivity index (χ1n) is 8.00. The van der Waals surface area contributed by atoms with Crippen LogP contribution in [0.5, 0.6) is 0 Å². The van der Waals surface area contributed by atoms with Crippen molar-refractivity contribution in [3.63, 3.8) is 0 Å². The van der Waals surface area contributed by atoms with Gasteiger partial charge in [0.25, 0.3) is 5.91 Å². The quantitative estimate of drug-likeness (QED) is 0.769. The molecular weight excluding hydrogens is 346 g/mol. The predicted octanol–water partition coefficient (Wildman–Crippen LogP) is 3.03. The summed E-state index contributed by atoms with van der Waals surface area (Å²) in [5, 5.41) is 8.26. The largest absolute Gasteiger partial charge is 0.361 e. The highest BCUT2D eigenvalue weighted by Crippen LogP contribution is 2.29. The molecule has 130 valence electrons. The first-order valence-corrected chi connectivity index (χ1v) is 8.38. The summed E-state index contributed by atoms with van der Waals surface area (Å²) in [6.07, 6.45) is 4.88. The number of nitrogens with zero attached hydrogens (tertiary/aromatic N) is 4. The standard InChI is InChI=1S/C16H16ClN5O3/c1-9-12(7-19-24-9)16(23)22-4-2-3-10(8-22)15-20-14(21-25-15)13-5-11(17)6-18-13/h5-7,10,18H,2-4,8H2,1H3/t10-/m0/s1. The molecule has 0 aromatic carbocycles. The summed E-state index contributed by atoms with van der Waals surface area (Å²) in [7, 11) is 0. The number of rotatable bonds is 3. The summed E-state index contributed by atoms with van der Waals surface area (Å²) in [6, 6.07) is 1.74. The maximum absolute atomic E-state index is 12.6. The van der Waals surface area contributed by atoms with E-state index in [9.17, 15) is 4.79 Å². The third-order valence-corrected chi connectivity index (χ3v) is 4.59. The summed E-state index contributed by atoms with van der Waals surface area (Å²) in [5.41, 5.74) is 1.19. The summed E-state index contributed by atoms with van der Waals surface area (Å²) in [4.78, 5) is 21.9. The van der Waals surface area contributed by atoms with Crippen molar-refractivity contribution >= 4 is 17.5 Å². The molecule has 4 heterocycles. The Morgan fingerprint density at radius 2 is 2.32 bits per heavy atom. The van der Waals surface area contributed by atoms with Crippen LogP contribution in [0.2, 0.25) is 5.02 Å². The first kappa shape index (κ1) is 15.9. The van der Waals surface area contributed by atoms with Crippen molar-refractivity contribution in [2.45, 2.75) is 25.7 Å². The lowest BCUT2D eigenvalue weighted by Crippen LogP contribution is -2.39. The number of H-pyrrole nitrogens is 1. The molecule has 1 aliphatic heterocycles. The Bertz CT molecular complexity index is 899. The van der Waals surface area contributed by atoms with Crippen molar-refractivity contribution in [2.24, 2.45) is 0 Å². The minimum atomic E-state index is -0.0839. The second-order valence-corrected chi connectivity index (χ2v) is 6.51. The van der Waals surface area contributed by atoms with Gasteiger partial charge in [-0.2, -0.15) is 4.98 Å². The molecule has 4 rings (SSSR count). The highest BCUT2D eigenvalue weighted by molar-refractivity contribution is 6.30. The number of aromatic nitrogens is 4. The molecule has 1 fully saturated rings. The maximum Gasteiger partial charge on any atom is 0.259 e. The van der Waals surface area contributed by atoms with Crippen molar-refractivity contribution in [3.05, 3.63) is 40.7 Å². The van der Waals surface area contributed by atoms with E-state index in [2.05, 4.69) is 20.3 Å². The second-order valence-electron chi connectivity index (χ2n) is 6.07. The number of aromatic amines is 1. The Balaban J connectivity index is 1.51. The van der Waals surface area contributed by atoms with Crippen molar-refractivity contribution in [1.82, 2.24) is 25.2 Å². The van der Waals surface area contributed by atoms with Crippen LogP contribution in [-0.4, -0.2) is 44.2 Å². The average molecular weight is 362 g/mol. The summed E-state index contributed by atoms with van der Waals surface area (Å²) < 4.78 is 10.4. The van der Waals surface area contributed by atoms with Crippen LogP contribution in [0.15, 0.2) is 27.5 Å². The number of nitrogens with one attached hydrogen (secondary N) is 1. The van der Waals surface area contributed by atoms with Gasteiger partial charge in [0.2, 0.25) is 11.7 Å².